The van der Waals surface area contributed by atoms with Crippen LogP contribution in [0.2, 0.25) is 10.0 Å². The van der Waals surface area contributed by atoms with Crippen LogP contribution in [0.25, 0.3) is 0 Å². The summed E-state index contributed by atoms with van der Waals surface area (Å²) in [6.07, 6.45) is 1.45. The Kier molecular flexibility index (Phi) is 4.88. The molecule has 5 nitrogen and oxygen atoms in total. The molecule has 0 aliphatic heterocycles. The van der Waals surface area contributed by atoms with E-state index in [0.717, 1.165) is 5.69 Å². The molecule has 0 saturated heterocycles. The number of benzene rings is 1. The Morgan fingerprint density at radius 2 is 2.05 bits per heavy atom. The molecule has 0 aliphatic rings. The van der Waals surface area contributed by atoms with Crippen molar-refractivity contribution in [1.82, 2.24) is 15.6 Å². The molecule has 0 bridgehead atoms. The Balaban J connectivity index is 2.03. The van der Waals surface area contributed by atoms with E-state index in [9.17, 15) is 4.79 Å². The zero-order valence-electron chi connectivity index (χ0n) is 12.4. The van der Waals surface area contributed by atoms with Crippen LogP contribution in [0.1, 0.15) is 42.5 Å². The van der Waals surface area contributed by atoms with E-state index in [0.29, 0.717) is 15.6 Å². The zero-order chi connectivity index (χ0) is 16.3. The van der Waals surface area contributed by atoms with E-state index in [1.807, 2.05) is 20.8 Å². The number of nitrogens with one attached hydrogen (secondary N) is 2. The number of hydrazone groups is 1. The van der Waals surface area contributed by atoms with Crippen molar-refractivity contribution in [3.8, 4) is 0 Å². The lowest BCUT2D eigenvalue weighted by molar-refractivity contribution is 0.0950. The van der Waals surface area contributed by atoms with Crippen LogP contribution in [0.15, 0.2) is 29.4 Å². The van der Waals surface area contributed by atoms with Gasteiger partial charge in [-0.25, -0.2) is 5.43 Å². The van der Waals surface area contributed by atoms with Crippen LogP contribution in [0, 0.1) is 0 Å². The van der Waals surface area contributed by atoms with E-state index >= 15 is 0 Å². The van der Waals surface area contributed by atoms with Gasteiger partial charge in [0.25, 0.3) is 5.91 Å². The summed E-state index contributed by atoms with van der Waals surface area (Å²) in [5, 5.41) is 11.7. The molecule has 0 fully saturated rings. The molecule has 0 saturated carbocycles. The zero-order valence-corrected chi connectivity index (χ0v) is 14.0. The topological polar surface area (TPSA) is 70.1 Å². The van der Waals surface area contributed by atoms with E-state index in [2.05, 4.69) is 20.7 Å². The third kappa shape index (κ3) is 4.08. The molecule has 22 heavy (non-hydrogen) atoms. The Morgan fingerprint density at radius 3 is 2.64 bits per heavy atom. The van der Waals surface area contributed by atoms with Crippen LogP contribution in [0.5, 0.6) is 0 Å². The summed E-state index contributed by atoms with van der Waals surface area (Å²) in [6.45, 7) is 6.09. The Morgan fingerprint density at radius 1 is 1.32 bits per heavy atom. The SMILES string of the molecule is CC(C)(C)c1cc(C(=O)N/N=C\c2ccc(Cl)cc2Cl)n[nH]1. The van der Waals surface area contributed by atoms with Gasteiger partial charge in [-0.2, -0.15) is 10.2 Å². The van der Waals surface area contributed by atoms with Crippen molar-refractivity contribution in [2.45, 2.75) is 26.2 Å². The van der Waals surface area contributed by atoms with Gasteiger partial charge in [0.15, 0.2) is 5.69 Å². The molecule has 7 heteroatoms. The van der Waals surface area contributed by atoms with E-state index < -0.39 is 5.91 Å². The van der Waals surface area contributed by atoms with Crippen LogP contribution in [0.4, 0.5) is 0 Å². The first-order chi connectivity index (χ1) is 10.3. The Hall–Kier alpha value is -1.85. The summed E-state index contributed by atoms with van der Waals surface area (Å²) >= 11 is 11.8. The van der Waals surface area contributed by atoms with Gasteiger partial charge in [0.05, 0.1) is 11.2 Å². The molecule has 0 spiro atoms. The number of hydrogen-bond donors (Lipinski definition) is 2. The van der Waals surface area contributed by atoms with E-state index in [4.69, 9.17) is 23.2 Å². The fourth-order valence-electron chi connectivity index (χ4n) is 1.65. The first kappa shape index (κ1) is 16.5. The molecule has 2 aromatic rings. The average molecular weight is 339 g/mol. The van der Waals surface area contributed by atoms with Gasteiger partial charge in [-0.3, -0.25) is 9.89 Å². The second-order valence-electron chi connectivity index (χ2n) is 5.78. The number of carbonyl (C=O) groups is 1. The number of aromatic amines is 1. The largest absolute Gasteiger partial charge is 0.291 e. The molecular formula is C15H16Cl2N4O. The van der Waals surface area contributed by atoms with Crippen LogP contribution in [-0.4, -0.2) is 22.3 Å². The highest BCUT2D eigenvalue weighted by Crippen LogP contribution is 2.20. The van der Waals surface area contributed by atoms with Crippen molar-refractivity contribution in [1.29, 1.82) is 0 Å². The molecule has 2 rings (SSSR count). The average Bonchev–Trinajstić information content (AvgIpc) is 2.90. The summed E-state index contributed by atoms with van der Waals surface area (Å²) < 4.78 is 0. The summed E-state index contributed by atoms with van der Waals surface area (Å²) in [4.78, 5) is 12.0. The van der Waals surface area contributed by atoms with Gasteiger partial charge < -0.3 is 0 Å². The Labute approximate surface area is 138 Å². The summed E-state index contributed by atoms with van der Waals surface area (Å²) in [7, 11) is 0. The quantitative estimate of drug-likeness (QED) is 0.660. The lowest BCUT2D eigenvalue weighted by atomic mass is 9.92. The highest BCUT2D eigenvalue weighted by Gasteiger charge is 2.19. The van der Waals surface area contributed by atoms with Crippen molar-refractivity contribution >= 4 is 35.3 Å². The number of amides is 1. The van der Waals surface area contributed by atoms with Gasteiger partial charge in [0.1, 0.15) is 0 Å². The second kappa shape index (κ2) is 6.50. The van der Waals surface area contributed by atoms with Crippen molar-refractivity contribution in [2.75, 3.05) is 0 Å². The van der Waals surface area contributed by atoms with Crippen molar-refractivity contribution in [3.63, 3.8) is 0 Å². The van der Waals surface area contributed by atoms with Gasteiger partial charge >= 0.3 is 0 Å². The van der Waals surface area contributed by atoms with Crippen LogP contribution < -0.4 is 5.43 Å². The van der Waals surface area contributed by atoms with Gasteiger partial charge in [-0.1, -0.05) is 50.0 Å². The number of hydrogen-bond acceptors (Lipinski definition) is 3. The van der Waals surface area contributed by atoms with Crippen LogP contribution in [-0.2, 0) is 5.41 Å². The first-order valence-corrected chi connectivity index (χ1v) is 7.37. The van der Waals surface area contributed by atoms with Gasteiger partial charge in [0.2, 0.25) is 0 Å². The summed E-state index contributed by atoms with van der Waals surface area (Å²) in [5.74, 6) is -0.395. The highest BCUT2D eigenvalue weighted by molar-refractivity contribution is 6.36. The molecule has 0 aliphatic carbocycles. The summed E-state index contributed by atoms with van der Waals surface area (Å²) in [5.41, 5.74) is 4.12. The number of H-pyrrole nitrogens is 1. The van der Waals surface area contributed by atoms with Crippen molar-refractivity contribution in [3.05, 3.63) is 51.3 Å². The van der Waals surface area contributed by atoms with Crippen molar-refractivity contribution in [2.24, 2.45) is 5.10 Å². The third-order valence-electron chi connectivity index (χ3n) is 2.95. The molecule has 1 amide bonds. The fraction of sp³-hybridized carbons (Fsp3) is 0.267. The molecule has 1 aromatic heterocycles. The molecule has 0 radical (unpaired) electrons. The molecule has 116 valence electrons. The fourth-order valence-corrected chi connectivity index (χ4v) is 2.10. The monoisotopic (exact) mass is 338 g/mol. The maximum absolute atomic E-state index is 12.0. The van der Waals surface area contributed by atoms with Crippen LogP contribution in [0.3, 0.4) is 0 Å². The second-order valence-corrected chi connectivity index (χ2v) is 6.63. The van der Waals surface area contributed by atoms with E-state index in [1.165, 1.54) is 6.21 Å². The minimum absolute atomic E-state index is 0.106. The molecule has 1 heterocycles. The maximum Gasteiger partial charge on any atom is 0.291 e. The lowest BCUT2D eigenvalue weighted by Crippen LogP contribution is -2.18. The molecular weight excluding hydrogens is 323 g/mol. The van der Waals surface area contributed by atoms with Gasteiger partial charge in [0, 0.05) is 21.7 Å². The predicted molar refractivity (Wildman–Crippen MR) is 88.8 cm³/mol. The Bertz CT molecular complexity index is 717. The first-order valence-electron chi connectivity index (χ1n) is 6.62. The third-order valence-corrected chi connectivity index (χ3v) is 3.51. The number of rotatable bonds is 3. The number of nitrogens with zero attached hydrogens (tertiary/aromatic N) is 2. The lowest BCUT2D eigenvalue weighted by Gasteiger charge is -2.14. The predicted octanol–water partition coefficient (Wildman–Crippen LogP) is 3.78. The van der Waals surface area contributed by atoms with Crippen molar-refractivity contribution < 1.29 is 4.79 Å². The number of halogens is 2. The van der Waals surface area contributed by atoms with E-state index in [1.54, 1.807) is 24.3 Å². The smallest absolute Gasteiger partial charge is 0.281 e. The van der Waals surface area contributed by atoms with E-state index in [-0.39, 0.29) is 11.1 Å². The maximum atomic E-state index is 12.0. The van der Waals surface area contributed by atoms with Crippen LogP contribution >= 0.6 is 23.2 Å². The minimum Gasteiger partial charge on any atom is -0.281 e. The standard InChI is InChI=1S/C15H16Cl2N4O/c1-15(2,3)13-7-12(19-20-13)14(22)21-18-8-9-4-5-10(16)6-11(9)17/h4-8H,1-3H3,(H,19,20)(H,21,22)/b18-8-. The summed E-state index contributed by atoms with van der Waals surface area (Å²) in [6, 6.07) is 6.72. The molecule has 1 aromatic carbocycles. The van der Waals surface area contributed by atoms with Gasteiger partial charge in [-0.15, -0.1) is 0 Å². The highest BCUT2D eigenvalue weighted by atomic mass is 35.5. The normalized spacial score (nSPS) is 11.9. The molecule has 0 unspecified atom stereocenters. The molecule has 2 N–H and O–H groups in total. The number of aromatic nitrogens is 2. The number of carbonyl (C=O) groups excluding carboxylic acids is 1. The minimum atomic E-state index is -0.395. The molecule has 0 atom stereocenters. The van der Waals surface area contributed by atoms with Gasteiger partial charge in [-0.05, 0) is 18.2 Å².